The van der Waals surface area contributed by atoms with Crippen LogP contribution in [0, 0.1) is 6.92 Å². The smallest absolute Gasteiger partial charge is 0.320 e. The number of morpholine rings is 1. The summed E-state index contributed by atoms with van der Waals surface area (Å²) in [7, 11) is 3.88. The zero-order valence-corrected chi connectivity index (χ0v) is 16.6. The second kappa shape index (κ2) is 8.71. The van der Waals surface area contributed by atoms with E-state index in [2.05, 4.69) is 0 Å². The third-order valence-corrected chi connectivity index (χ3v) is 5.38. The zero-order chi connectivity index (χ0) is 19.4. The summed E-state index contributed by atoms with van der Waals surface area (Å²) in [5, 5.41) is 0. The van der Waals surface area contributed by atoms with Gasteiger partial charge in [-0.3, -0.25) is 9.69 Å². The summed E-state index contributed by atoms with van der Waals surface area (Å²) in [6.45, 7) is 6.85. The molecule has 2 aliphatic heterocycles. The first kappa shape index (κ1) is 19.6. The minimum atomic E-state index is -0.298. The molecule has 2 fully saturated rings. The molecule has 27 heavy (non-hydrogen) atoms. The van der Waals surface area contributed by atoms with Crippen molar-refractivity contribution in [1.82, 2.24) is 19.6 Å². The van der Waals surface area contributed by atoms with Crippen molar-refractivity contribution in [3.8, 4) is 0 Å². The fourth-order valence-electron chi connectivity index (χ4n) is 3.77. The first-order valence-corrected chi connectivity index (χ1v) is 9.61. The van der Waals surface area contributed by atoms with Gasteiger partial charge in [0.2, 0.25) is 5.91 Å². The Morgan fingerprint density at radius 1 is 0.926 bits per heavy atom. The molecule has 1 aromatic carbocycles. The number of likely N-dealkylation sites (N-methyl/N-ethyl adjacent to an activating group) is 1. The predicted octanol–water partition coefficient (Wildman–Crippen LogP) is 1.19. The van der Waals surface area contributed by atoms with Gasteiger partial charge < -0.3 is 19.4 Å². The van der Waals surface area contributed by atoms with Gasteiger partial charge in [0.05, 0.1) is 13.2 Å². The van der Waals surface area contributed by atoms with Gasteiger partial charge in [0.25, 0.3) is 0 Å². The molecule has 0 unspecified atom stereocenters. The van der Waals surface area contributed by atoms with Gasteiger partial charge in [-0.25, -0.2) is 4.79 Å². The van der Waals surface area contributed by atoms with Crippen LogP contribution < -0.4 is 0 Å². The number of carbonyl (C=O) groups excluding carboxylic acids is 2. The molecular formula is C20H30N4O3. The molecule has 2 heterocycles. The Kier molecular flexibility index (Phi) is 6.34. The van der Waals surface area contributed by atoms with E-state index in [4.69, 9.17) is 4.74 Å². The highest BCUT2D eigenvalue weighted by atomic mass is 16.5. The van der Waals surface area contributed by atoms with Gasteiger partial charge in [-0.2, -0.15) is 0 Å². The van der Waals surface area contributed by atoms with E-state index in [1.54, 1.807) is 0 Å². The largest absolute Gasteiger partial charge is 0.378 e. The number of nitrogens with zero attached hydrogens (tertiary/aromatic N) is 4. The fourth-order valence-corrected chi connectivity index (χ4v) is 3.77. The van der Waals surface area contributed by atoms with Crippen LogP contribution in [0.4, 0.5) is 4.79 Å². The van der Waals surface area contributed by atoms with E-state index in [1.165, 1.54) is 0 Å². The Morgan fingerprint density at radius 3 is 2.07 bits per heavy atom. The molecule has 7 heteroatoms. The van der Waals surface area contributed by atoms with Crippen LogP contribution in [0.2, 0.25) is 0 Å². The van der Waals surface area contributed by atoms with Crippen molar-refractivity contribution in [2.45, 2.75) is 13.0 Å². The lowest BCUT2D eigenvalue weighted by Crippen LogP contribution is -2.56. The molecule has 2 aliphatic rings. The number of carbonyl (C=O) groups is 2. The molecule has 7 nitrogen and oxygen atoms in total. The van der Waals surface area contributed by atoms with Crippen molar-refractivity contribution in [1.29, 1.82) is 0 Å². The average molecular weight is 374 g/mol. The van der Waals surface area contributed by atoms with Crippen molar-refractivity contribution < 1.29 is 14.3 Å². The summed E-state index contributed by atoms with van der Waals surface area (Å²) in [4.78, 5) is 33.4. The van der Waals surface area contributed by atoms with Gasteiger partial charge >= 0.3 is 6.03 Å². The third kappa shape index (κ3) is 4.42. The molecule has 1 aromatic rings. The fraction of sp³-hybridized carbons (Fsp3) is 0.600. The molecule has 3 rings (SSSR count). The summed E-state index contributed by atoms with van der Waals surface area (Å²) in [5.74, 6) is 0.104. The molecule has 3 amide bonds. The van der Waals surface area contributed by atoms with Crippen LogP contribution in [0.25, 0.3) is 0 Å². The van der Waals surface area contributed by atoms with Crippen LogP contribution in [0.5, 0.6) is 0 Å². The number of ether oxygens (including phenoxy) is 1. The minimum absolute atomic E-state index is 0.0634. The molecule has 148 valence electrons. The Bertz CT molecular complexity index is 665. The normalized spacial score (nSPS) is 19.3. The van der Waals surface area contributed by atoms with Gasteiger partial charge in [0.15, 0.2) is 0 Å². The first-order valence-electron chi connectivity index (χ1n) is 9.61. The van der Waals surface area contributed by atoms with Crippen LogP contribution in [0.3, 0.4) is 0 Å². The summed E-state index contributed by atoms with van der Waals surface area (Å²) in [5.41, 5.74) is 2.16. The van der Waals surface area contributed by atoms with Gasteiger partial charge in [-0.1, -0.05) is 24.3 Å². The Morgan fingerprint density at radius 2 is 1.48 bits per heavy atom. The van der Waals surface area contributed by atoms with Crippen LogP contribution in [0.15, 0.2) is 24.3 Å². The molecule has 0 aliphatic carbocycles. The number of hydrogen-bond donors (Lipinski definition) is 0. The van der Waals surface area contributed by atoms with Crippen LogP contribution in [-0.4, -0.2) is 98.1 Å². The van der Waals surface area contributed by atoms with Gasteiger partial charge in [-0.05, 0) is 32.1 Å². The standard InChI is InChI=1S/C20H30N4O3/c1-16-6-4-5-7-17(16)18(21(2)3)19(25)22-8-10-23(11-9-22)20(26)24-12-14-27-15-13-24/h4-7,18H,8-15H2,1-3H3/t18-/m1/s1. The van der Waals surface area contributed by atoms with Crippen molar-refractivity contribution in [2.24, 2.45) is 0 Å². The highest BCUT2D eigenvalue weighted by Gasteiger charge is 2.33. The lowest BCUT2D eigenvalue weighted by atomic mass is 9.99. The Labute approximate surface area is 161 Å². The van der Waals surface area contributed by atoms with Gasteiger partial charge in [-0.15, -0.1) is 0 Å². The van der Waals surface area contributed by atoms with Crippen molar-refractivity contribution in [2.75, 3.05) is 66.6 Å². The summed E-state index contributed by atoms with van der Waals surface area (Å²) >= 11 is 0. The molecule has 0 saturated carbocycles. The molecule has 2 saturated heterocycles. The van der Waals surface area contributed by atoms with E-state index in [0.717, 1.165) is 11.1 Å². The summed E-state index contributed by atoms with van der Waals surface area (Å²) in [6, 6.07) is 7.80. The molecule has 0 aromatic heterocycles. The maximum Gasteiger partial charge on any atom is 0.320 e. The topological polar surface area (TPSA) is 56.3 Å². The highest BCUT2D eigenvalue weighted by molar-refractivity contribution is 5.84. The van der Waals surface area contributed by atoms with E-state index < -0.39 is 0 Å². The maximum absolute atomic E-state index is 13.2. The lowest BCUT2D eigenvalue weighted by Gasteiger charge is -2.40. The molecule has 1 atom stereocenters. The van der Waals surface area contributed by atoms with Crippen molar-refractivity contribution in [3.05, 3.63) is 35.4 Å². The zero-order valence-electron chi connectivity index (χ0n) is 16.6. The van der Waals surface area contributed by atoms with Crippen LogP contribution >= 0.6 is 0 Å². The second-order valence-electron chi connectivity index (χ2n) is 7.42. The van der Waals surface area contributed by atoms with Crippen molar-refractivity contribution >= 4 is 11.9 Å². The molecule has 0 spiro atoms. The third-order valence-electron chi connectivity index (χ3n) is 5.38. The van der Waals surface area contributed by atoms with Gasteiger partial charge in [0, 0.05) is 39.3 Å². The van der Waals surface area contributed by atoms with Crippen molar-refractivity contribution in [3.63, 3.8) is 0 Å². The Hall–Kier alpha value is -2.12. The number of aryl methyl sites for hydroxylation is 1. The van der Waals surface area contributed by atoms with Crippen LogP contribution in [-0.2, 0) is 9.53 Å². The Balaban J connectivity index is 1.63. The molecular weight excluding hydrogens is 344 g/mol. The molecule has 0 bridgehead atoms. The van der Waals surface area contributed by atoms with E-state index in [0.29, 0.717) is 52.5 Å². The SMILES string of the molecule is Cc1ccccc1[C@H](C(=O)N1CCN(C(=O)N2CCOCC2)CC1)N(C)C. The van der Waals surface area contributed by atoms with Gasteiger partial charge in [0.1, 0.15) is 6.04 Å². The monoisotopic (exact) mass is 374 g/mol. The summed E-state index contributed by atoms with van der Waals surface area (Å²) < 4.78 is 5.32. The number of piperazine rings is 1. The lowest BCUT2D eigenvalue weighted by molar-refractivity contribution is -0.137. The van der Waals surface area contributed by atoms with Crippen LogP contribution in [0.1, 0.15) is 17.2 Å². The number of benzene rings is 1. The number of urea groups is 1. The number of amides is 3. The first-order chi connectivity index (χ1) is 13.0. The number of hydrogen-bond acceptors (Lipinski definition) is 4. The maximum atomic E-state index is 13.2. The van der Waals surface area contributed by atoms with E-state index in [9.17, 15) is 9.59 Å². The highest BCUT2D eigenvalue weighted by Crippen LogP contribution is 2.24. The molecule has 0 N–H and O–H groups in total. The molecule has 0 radical (unpaired) electrons. The number of rotatable bonds is 3. The minimum Gasteiger partial charge on any atom is -0.378 e. The average Bonchev–Trinajstić information content (AvgIpc) is 2.69. The second-order valence-corrected chi connectivity index (χ2v) is 7.42. The summed E-state index contributed by atoms with van der Waals surface area (Å²) in [6.07, 6.45) is 0. The van der Waals surface area contributed by atoms with E-state index in [-0.39, 0.29) is 18.0 Å². The predicted molar refractivity (Wildman–Crippen MR) is 104 cm³/mol. The van der Waals surface area contributed by atoms with E-state index >= 15 is 0 Å². The quantitative estimate of drug-likeness (QED) is 0.798. The van der Waals surface area contributed by atoms with E-state index in [1.807, 2.05) is 64.9 Å².